The molecule has 20 heavy (non-hydrogen) atoms. The van der Waals surface area contributed by atoms with E-state index in [-0.39, 0.29) is 0 Å². The van der Waals surface area contributed by atoms with Gasteiger partial charge in [-0.25, -0.2) is 0 Å². The minimum absolute atomic E-state index is 0.602. The zero-order chi connectivity index (χ0) is 13.9. The number of aldehydes is 1. The Hall–Kier alpha value is -1.75. The molecule has 0 saturated carbocycles. The number of hydrogen-bond donors (Lipinski definition) is 0. The average molecular weight is 272 g/mol. The molecule has 3 heterocycles. The Morgan fingerprint density at radius 2 is 2.35 bits per heavy atom. The van der Waals surface area contributed by atoms with Gasteiger partial charge in [0.05, 0.1) is 5.56 Å². The van der Waals surface area contributed by atoms with Crippen LogP contribution in [0.4, 0.5) is 0 Å². The maximum atomic E-state index is 11.0. The first kappa shape index (κ1) is 13.2. The smallest absolute Gasteiger partial charge is 0.171 e. The molecule has 0 N–H and O–H groups in total. The van der Waals surface area contributed by atoms with E-state index in [0.717, 1.165) is 31.6 Å². The predicted molar refractivity (Wildman–Crippen MR) is 76.9 cm³/mol. The summed E-state index contributed by atoms with van der Waals surface area (Å²) in [5.74, 6) is 1.60. The Bertz CT molecular complexity index is 607. The highest BCUT2D eigenvalue weighted by atomic mass is 16.1. The molecule has 3 rings (SSSR count). The second-order valence-corrected chi connectivity index (χ2v) is 5.50. The second-order valence-electron chi connectivity index (χ2n) is 5.50. The van der Waals surface area contributed by atoms with Crippen molar-refractivity contribution in [1.29, 1.82) is 0 Å². The van der Waals surface area contributed by atoms with Crippen molar-refractivity contribution in [2.75, 3.05) is 19.6 Å². The van der Waals surface area contributed by atoms with Gasteiger partial charge < -0.3 is 4.90 Å². The van der Waals surface area contributed by atoms with E-state index in [0.29, 0.717) is 17.1 Å². The molecule has 5 nitrogen and oxygen atoms in total. The molecule has 0 aliphatic carbocycles. The molecule has 0 radical (unpaired) electrons. The summed E-state index contributed by atoms with van der Waals surface area (Å²) >= 11 is 0. The van der Waals surface area contributed by atoms with E-state index in [4.69, 9.17) is 0 Å². The average Bonchev–Trinajstić information content (AvgIpc) is 2.90. The van der Waals surface area contributed by atoms with Gasteiger partial charge in [-0.05, 0) is 44.0 Å². The Kier molecular flexibility index (Phi) is 3.78. The minimum atomic E-state index is 0.602. The monoisotopic (exact) mass is 272 g/mol. The van der Waals surface area contributed by atoms with E-state index in [1.54, 1.807) is 6.07 Å². The van der Waals surface area contributed by atoms with Crippen LogP contribution in [0.5, 0.6) is 0 Å². The first-order chi connectivity index (χ1) is 9.81. The van der Waals surface area contributed by atoms with Crippen LogP contribution in [-0.4, -0.2) is 45.4 Å². The summed E-state index contributed by atoms with van der Waals surface area (Å²) in [6, 6.07) is 3.66. The summed E-state index contributed by atoms with van der Waals surface area (Å²) in [4.78, 5) is 13.5. The fourth-order valence-corrected chi connectivity index (χ4v) is 3.08. The number of aromatic nitrogens is 3. The molecule has 106 valence electrons. The van der Waals surface area contributed by atoms with Crippen molar-refractivity contribution in [3.63, 3.8) is 0 Å². The fourth-order valence-electron chi connectivity index (χ4n) is 3.08. The molecular weight excluding hydrogens is 252 g/mol. The lowest BCUT2D eigenvalue weighted by atomic mass is 9.94. The quantitative estimate of drug-likeness (QED) is 0.797. The fraction of sp³-hybridized carbons (Fsp3) is 0.533. The van der Waals surface area contributed by atoms with Crippen molar-refractivity contribution in [3.05, 3.63) is 29.7 Å². The van der Waals surface area contributed by atoms with Gasteiger partial charge in [0.25, 0.3) is 0 Å². The molecule has 0 bridgehead atoms. The van der Waals surface area contributed by atoms with Crippen LogP contribution in [0.15, 0.2) is 18.3 Å². The highest BCUT2D eigenvalue weighted by Crippen LogP contribution is 2.20. The van der Waals surface area contributed by atoms with Crippen LogP contribution in [-0.2, 0) is 6.42 Å². The van der Waals surface area contributed by atoms with Gasteiger partial charge in [0, 0.05) is 19.2 Å². The summed E-state index contributed by atoms with van der Waals surface area (Å²) in [6.45, 7) is 5.68. The number of nitrogens with zero attached hydrogens (tertiary/aromatic N) is 4. The van der Waals surface area contributed by atoms with E-state index in [1.165, 1.54) is 19.4 Å². The van der Waals surface area contributed by atoms with Crippen LogP contribution < -0.4 is 0 Å². The number of carbonyl (C=O) groups excluding carboxylic acids is 1. The number of fused-ring (bicyclic) bond motifs is 1. The lowest BCUT2D eigenvalue weighted by Crippen LogP contribution is -2.36. The third kappa shape index (κ3) is 2.45. The SMILES string of the molecule is CCN1CCCC(Cc2nnc3c(C=O)cccn23)C1. The van der Waals surface area contributed by atoms with Crippen molar-refractivity contribution in [1.82, 2.24) is 19.5 Å². The molecule has 1 aliphatic heterocycles. The van der Waals surface area contributed by atoms with Gasteiger partial charge in [-0.3, -0.25) is 9.20 Å². The largest absolute Gasteiger partial charge is 0.303 e. The Morgan fingerprint density at radius 1 is 1.45 bits per heavy atom. The molecule has 2 aromatic heterocycles. The molecule has 1 saturated heterocycles. The number of likely N-dealkylation sites (tertiary alicyclic amines) is 1. The third-order valence-electron chi connectivity index (χ3n) is 4.18. The Morgan fingerprint density at radius 3 is 3.15 bits per heavy atom. The number of piperidine rings is 1. The van der Waals surface area contributed by atoms with Crippen molar-refractivity contribution >= 4 is 11.9 Å². The molecular formula is C15H20N4O. The number of pyridine rings is 1. The molecule has 2 aromatic rings. The molecule has 0 amide bonds. The van der Waals surface area contributed by atoms with E-state index in [9.17, 15) is 4.79 Å². The van der Waals surface area contributed by atoms with Gasteiger partial charge >= 0.3 is 0 Å². The van der Waals surface area contributed by atoms with Crippen LogP contribution in [0.1, 0.15) is 35.9 Å². The maximum Gasteiger partial charge on any atom is 0.171 e. The first-order valence-corrected chi connectivity index (χ1v) is 7.32. The van der Waals surface area contributed by atoms with Crippen LogP contribution in [0, 0.1) is 5.92 Å². The van der Waals surface area contributed by atoms with Crippen molar-refractivity contribution in [2.45, 2.75) is 26.2 Å². The topological polar surface area (TPSA) is 50.5 Å². The summed E-state index contributed by atoms with van der Waals surface area (Å²) in [5, 5.41) is 8.45. The first-order valence-electron chi connectivity index (χ1n) is 7.32. The van der Waals surface area contributed by atoms with Crippen molar-refractivity contribution in [2.24, 2.45) is 5.92 Å². The van der Waals surface area contributed by atoms with Crippen molar-refractivity contribution < 1.29 is 4.79 Å². The number of hydrogen-bond acceptors (Lipinski definition) is 4. The van der Waals surface area contributed by atoms with E-state index in [1.807, 2.05) is 16.7 Å². The molecule has 0 aromatic carbocycles. The summed E-state index contributed by atoms with van der Waals surface area (Å²) in [6.07, 6.45) is 6.22. The Labute approximate surface area is 118 Å². The summed E-state index contributed by atoms with van der Waals surface area (Å²) in [7, 11) is 0. The van der Waals surface area contributed by atoms with E-state index < -0.39 is 0 Å². The van der Waals surface area contributed by atoms with Crippen LogP contribution in [0.2, 0.25) is 0 Å². The molecule has 1 unspecified atom stereocenters. The van der Waals surface area contributed by atoms with Crippen LogP contribution in [0.25, 0.3) is 5.65 Å². The standard InChI is InChI=1S/C15H20N4O/c1-2-18-7-3-5-12(10-18)9-14-16-17-15-13(11-20)6-4-8-19(14)15/h4,6,8,11-12H,2-3,5,7,9-10H2,1H3. The van der Waals surface area contributed by atoms with Gasteiger partial charge in [-0.15, -0.1) is 10.2 Å². The molecule has 1 aliphatic rings. The molecule has 5 heteroatoms. The number of carbonyl (C=O) groups is 1. The molecule has 1 fully saturated rings. The summed E-state index contributed by atoms with van der Waals surface area (Å²) < 4.78 is 1.95. The summed E-state index contributed by atoms with van der Waals surface area (Å²) in [5.41, 5.74) is 1.27. The number of rotatable bonds is 4. The zero-order valence-corrected chi connectivity index (χ0v) is 11.8. The van der Waals surface area contributed by atoms with E-state index >= 15 is 0 Å². The van der Waals surface area contributed by atoms with Crippen molar-refractivity contribution in [3.8, 4) is 0 Å². The maximum absolute atomic E-state index is 11.0. The molecule has 0 spiro atoms. The highest BCUT2D eigenvalue weighted by molar-refractivity contribution is 5.83. The highest BCUT2D eigenvalue weighted by Gasteiger charge is 2.21. The van der Waals surface area contributed by atoms with Gasteiger partial charge in [0.15, 0.2) is 11.9 Å². The molecule has 1 atom stereocenters. The van der Waals surface area contributed by atoms with E-state index in [2.05, 4.69) is 22.0 Å². The normalized spacial score (nSPS) is 20.4. The van der Waals surface area contributed by atoms with Crippen LogP contribution in [0.3, 0.4) is 0 Å². The second kappa shape index (κ2) is 5.71. The Balaban J connectivity index is 1.82. The third-order valence-corrected chi connectivity index (χ3v) is 4.18. The van der Waals surface area contributed by atoms with Crippen LogP contribution >= 0.6 is 0 Å². The minimum Gasteiger partial charge on any atom is -0.303 e. The van der Waals surface area contributed by atoms with Gasteiger partial charge in [0.1, 0.15) is 5.82 Å². The van der Waals surface area contributed by atoms with Gasteiger partial charge in [-0.1, -0.05) is 6.92 Å². The zero-order valence-electron chi connectivity index (χ0n) is 11.8. The lowest BCUT2D eigenvalue weighted by molar-refractivity contribution is 0.112. The van der Waals surface area contributed by atoms with Gasteiger partial charge in [-0.2, -0.15) is 0 Å². The van der Waals surface area contributed by atoms with Gasteiger partial charge in [0.2, 0.25) is 0 Å². The lowest BCUT2D eigenvalue weighted by Gasteiger charge is -2.31. The predicted octanol–water partition coefficient (Wildman–Crippen LogP) is 1.82.